The molecular formula is C27H46N6O5. The van der Waals surface area contributed by atoms with E-state index in [1.165, 1.54) is 44.9 Å². The van der Waals surface area contributed by atoms with E-state index in [1.54, 1.807) is 4.57 Å². The van der Waals surface area contributed by atoms with E-state index in [4.69, 9.17) is 20.9 Å². The van der Waals surface area contributed by atoms with Gasteiger partial charge in [-0.25, -0.2) is 4.98 Å². The van der Waals surface area contributed by atoms with Gasteiger partial charge in [0.15, 0.2) is 11.2 Å². The van der Waals surface area contributed by atoms with Crippen LogP contribution in [0.25, 0.3) is 11.2 Å². The highest BCUT2D eigenvalue weighted by Crippen LogP contribution is 2.15. The molecule has 2 rings (SSSR count). The Hall–Kier alpha value is -2.95. The molecule has 0 aliphatic rings. The predicted molar refractivity (Wildman–Crippen MR) is 147 cm³/mol. The minimum Gasteiger partial charge on any atom is -0.465 e. The topological polar surface area (TPSA) is 168 Å². The number of fused-ring (bicyclic) bond motifs is 1. The van der Waals surface area contributed by atoms with Gasteiger partial charge in [-0.05, 0) is 18.8 Å². The predicted octanol–water partition coefficient (Wildman–Crippen LogP) is 3.70. The number of esters is 2. The quantitative estimate of drug-likeness (QED) is 0.180. The van der Waals surface area contributed by atoms with Crippen LogP contribution in [0, 0.1) is 11.8 Å². The molecular weight excluding hydrogens is 488 g/mol. The van der Waals surface area contributed by atoms with Gasteiger partial charge >= 0.3 is 11.9 Å². The zero-order chi connectivity index (χ0) is 27.9. The second-order valence-electron chi connectivity index (χ2n) is 10.4. The largest absolute Gasteiger partial charge is 0.465 e. The number of nitrogens with zero attached hydrogens (tertiary/aromatic N) is 3. The van der Waals surface area contributed by atoms with Crippen LogP contribution in [-0.2, 0) is 25.6 Å². The van der Waals surface area contributed by atoms with Gasteiger partial charge in [-0.1, -0.05) is 72.1 Å². The Kier molecular flexibility index (Phi) is 13.8. The average Bonchev–Trinajstić information content (AvgIpc) is 3.28. The van der Waals surface area contributed by atoms with Crippen molar-refractivity contribution in [3.05, 3.63) is 16.7 Å². The normalized spacial score (nSPS) is 13.1. The number of nitrogens with one attached hydrogen (secondary N) is 1. The number of hydrogen-bond donors (Lipinski definition) is 3. The van der Waals surface area contributed by atoms with Crippen LogP contribution >= 0.6 is 0 Å². The van der Waals surface area contributed by atoms with Crippen molar-refractivity contribution in [1.29, 1.82) is 0 Å². The highest BCUT2D eigenvalue weighted by molar-refractivity contribution is 5.75. The maximum atomic E-state index is 12.4. The number of imidazole rings is 1. The molecule has 1 unspecified atom stereocenters. The fraction of sp³-hybridized carbons (Fsp3) is 0.741. The summed E-state index contributed by atoms with van der Waals surface area (Å²) < 4.78 is 12.6. The second-order valence-corrected chi connectivity index (χ2v) is 10.4. The zero-order valence-corrected chi connectivity index (χ0v) is 23.2. The molecule has 0 amide bonds. The summed E-state index contributed by atoms with van der Waals surface area (Å²) in [6.07, 6.45) is 12.9. The van der Waals surface area contributed by atoms with Crippen LogP contribution in [0.5, 0.6) is 0 Å². The summed E-state index contributed by atoms with van der Waals surface area (Å²) in [7, 11) is 0. The van der Waals surface area contributed by atoms with Gasteiger partial charge in [-0.2, -0.15) is 4.98 Å². The number of ether oxygens (including phenoxy) is 2. The zero-order valence-electron chi connectivity index (χ0n) is 23.2. The van der Waals surface area contributed by atoms with Crippen molar-refractivity contribution in [2.45, 2.75) is 104 Å². The third-order valence-corrected chi connectivity index (χ3v) is 6.67. The van der Waals surface area contributed by atoms with Crippen molar-refractivity contribution >= 4 is 29.1 Å². The van der Waals surface area contributed by atoms with Gasteiger partial charge in [0.25, 0.3) is 5.56 Å². The van der Waals surface area contributed by atoms with E-state index in [0.29, 0.717) is 25.0 Å². The molecule has 0 aliphatic carbocycles. The van der Waals surface area contributed by atoms with Crippen LogP contribution in [0.15, 0.2) is 11.1 Å². The summed E-state index contributed by atoms with van der Waals surface area (Å²) in [5, 5.41) is 0. The van der Waals surface area contributed by atoms with Gasteiger partial charge in [-0.3, -0.25) is 19.4 Å². The summed E-state index contributed by atoms with van der Waals surface area (Å²) in [6.45, 7) is 6.55. The number of nitrogens with two attached hydrogens (primary N) is 2. The number of aromatic amines is 1. The van der Waals surface area contributed by atoms with E-state index in [0.717, 1.165) is 19.3 Å². The first-order valence-electron chi connectivity index (χ1n) is 14.0. The van der Waals surface area contributed by atoms with Gasteiger partial charge in [0.05, 0.1) is 19.5 Å². The first-order chi connectivity index (χ1) is 18.2. The Labute approximate surface area is 225 Å². The number of aromatic nitrogens is 4. The molecule has 11 heteroatoms. The van der Waals surface area contributed by atoms with Crippen LogP contribution in [-0.4, -0.2) is 50.7 Å². The van der Waals surface area contributed by atoms with Gasteiger partial charge in [0.2, 0.25) is 5.95 Å². The van der Waals surface area contributed by atoms with Crippen LogP contribution in [0.4, 0.5) is 5.95 Å². The standard InChI is InChI=1S/C27H46N6O5/c1-4-5-6-7-8-9-10-11-12-13-21(34)38-17-20(14-15-37-26(36)22(28)19(2)3)16-33-18-30-23-24(33)31-27(29)32-25(23)35/h18-20,22H,4-17,28H2,1-3H3,(H3,29,31,32,35)/t20?,22-/m0/s1. The van der Waals surface area contributed by atoms with Gasteiger partial charge in [0, 0.05) is 18.9 Å². The van der Waals surface area contributed by atoms with E-state index in [-0.39, 0.29) is 42.5 Å². The summed E-state index contributed by atoms with van der Waals surface area (Å²) in [4.78, 5) is 47.4. The van der Waals surface area contributed by atoms with E-state index < -0.39 is 17.6 Å². The molecule has 0 aromatic carbocycles. The molecule has 0 radical (unpaired) electrons. The Balaban J connectivity index is 1.87. The molecule has 2 aromatic heterocycles. The molecule has 0 bridgehead atoms. The molecule has 0 aliphatic heterocycles. The van der Waals surface area contributed by atoms with E-state index >= 15 is 0 Å². The van der Waals surface area contributed by atoms with Crippen molar-refractivity contribution in [3.63, 3.8) is 0 Å². The van der Waals surface area contributed by atoms with E-state index in [2.05, 4.69) is 21.9 Å². The summed E-state index contributed by atoms with van der Waals surface area (Å²) >= 11 is 0. The molecule has 38 heavy (non-hydrogen) atoms. The first kappa shape index (κ1) is 31.3. The maximum Gasteiger partial charge on any atom is 0.323 e. The second kappa shape index (κ2) is 16.8. The van der Waals surface area contributed by atoms with Gasteiger partial charge in [-0.15, -0.1) is 0 Å². The smallest absolute Gasteiger partial charge is 0.323 e. The average molecular weight is 535 g/mol. The summed E-state index contributed by atoms with van der Waals surface area (Å²) in [5.74, 6) is -0.955. The van der Waals surface area contributed by atoms with Crippen LogP contribution in [0.2, 0.25) is 0 Å². The van der Waals surface area contributed by atoms with Gasteiger partial charge < -0.3 is 25.5 Å². The minimum absolute atomic E-state index is 0.00945. The molecule has 214 valence electrons. The molecule has 11 nitrogen and oxygen atoms in total. The Bertz CT molecular complexity index is 1050. The number of carbonyl (C=O) groups excluding carboxylic acids is 2. The van der Waals surface area contributed by atoms with Crippen molar-refractivity contribution in [3.8, 4) is 0 Å². The summed E-state index contributed by atoms with van der Waals surface area (Å²) in [5.41, 5.74) is 11.7. The number of hydrogen-bond acceptors (Lipinski definition) is 9. The van der Waals surface area contributed by atoms with Crippen LogP contribution in [0.1, 0.15) is 91.4 Å². The highest BCUT2D eigenvalue weighted by atomic mass is 16.5. The summed E-state index contributed by atoms with van der Waals surface area (Å²) in [6, 6.07) is -0.695. The van der Waals surface area contributed by atoms with Crippen molar-refractivity contribution < 1.29 is 19.1 Å². The van der Waals surface area contributed by atoms with Crippen molar-refractivity contribution in [2.75, 3.05) is 18.9 Å². The molecule has 0 spiro atoms. The number of nitrogen functional groups attached to an aromatic ring is 1. The molecule has 0 saturated heterocycles. The number of unbranched alkanes of at least 4 members (excludes halogenated alkanes) is 8. The third kappa shape index (κ3) is 10.8. The Morgan fingerprint density at radius 3 is 2.37 bits per heavy atom. The molecule has 2 atom stereocenters. The molecule has 0 saturated carbocycles. The molecule has 2 heterocycles. The fourth-order valence-corrected chi connectivity index (χ4v) is 4.17. The maximum absolute atomic E-state index is 12.4. The number of H-pyrrole nitrogens is 1. The fourth-order valence-electron chi connectivity index (χ4n) is 4.17. The minimum atomic E-state index is -0.695. The number of carbonyl (C=O) groups is 2. The SMILES string of the molecule is CCCCCCCCCCCC(=O)OCC(CCOC(=O)[C@@H](N)C(C)C)Cn1cnc2c(=O)[nH]c(N)nc21. The van der Waals surface area contributed by atoms with Crippen molar-refractivity contribution in [1.82, 2.24) is 19.5 Å². The van der Waals surface area contributed by atoms with E-state index in [9.17, 15) is 14.4 Å². The lowest BCUT2D eigenvalue weighted by Crippen LogP contribution is -2.37. The molecule has 2 aromatic rings. The third-order valence-electron chi connectivity index (χ3n) is 6.67. The Morgan fingerprint density at radius 2 is 1.71 bits per heavy atom. The van der Waals surface area contributed by atoms with Crippen LogP contribution in [0.3, 0.4) is 0 Å². The number of rotatable bonds is 19. The monoisotopic (exact) mass is 534 g/mol. The highest BCUT2D eigenvalue weighted by Gasteiger charge is 2.21. The van der Waals surface area contributed by atoms with E-state index in [1.807, 2.05) is 13.8 Å². The van der Waals surface area contributed by atoms with Gasteiger partial charge in [0.1, 0.15) is 6.04 Å². The Morgan fingerprint density at radius 1 is 1.05 bits per heavy atom. The van der Waals surface area contributed by atoms with Crippen molar-refractivity contribution in [2.24, 2.45) is 17.6 Å². The molecule has 5 N–H and O–H groups in total. The molecule has 0 fully saturated rings. The lowest BCUT2D eigenvalue weighted by Gasteiger charge is -2.19. The van der Waals surface area contributed by atoms with Crippen LogP contribution < -0.4 is 17.0 Å². The number of anilines is 1. The first-order valence-corrected chi connectivity index (χ1v) is 14.0. The lowest BCUT2D eigenvalue weighted by atomic mass is 10.1. The lowest BCUT2D eigenvalue weighted by molar-refractivity contribution is -0.149.